The number of unbranched alkanes of at least 4 members (excludes halogenated alkanes) is 1. The number of ether oxygens (including phenoxy) is 1. The van der Waals surface area contributed by atoms with Crippen LogP contribution in [0.15, 0.2) is 47.5 Å². The number of aliphatic carboxylic acids is 1. The Morgan fingerprint density at radius 2 is 1.95 bits per heavy atom. The number of thioether (sulfide) groups is 1. The van der Waals surface area contributed by atoms with Crippen LogP contribution in [-0.2, 0) is 27.0 Å². The molecule has 3 aromatic rings. The molecule has 2 aromatic carbocycles. The van der Waals surface area contributed by atoms with Gasteiger partial charge in [0.15, 0.2) is 0 Å². The minimum Gasteiger partial charge on any atom is -0.478 e. The molecule has 1 fully saturated rings. The zero-order valence-corrected chi connectivity index (χ0v) is 22.4. The first kappa shape index (κ1) is 28.7. The van der Waals surface area contributed by atoms with Crippen molar-refractivity contribution in [1.29, 1.82) is 0 Å². The van der Waals surface area contributed by atoms with Crippen LogP contribution in [0.1, 0.15) is 43.4 Å². The zero-order chi connectivity index (χ0) is 28.5. The molecule has 1 aromatic heterocycles. The SMILES string of the molecule is CCCCOC(C)(C(=O)O)N1C(=O)SC(=Cc2ccc3c(cnn3Cc3ccc(Cl)cc3C(F)(F)F)c2)C1=O. The monoisotopic (exact) mass is 581 g/mol. The van der Waals surface area contributed by atoms with Crippen molar-refractivity contribution in [3.63, 3.8) is 0 Å². The molecule has 0 saturated carbocycles. The number of carbonyl (C=O) groups is 3. The van der Waals surface area contributed by atoms with E-state index in [4.69, 9.17) is 16.3 Å². The number of amides is 2. The number of fused-ring (bicyclic) bond motifs is 1. The van der Waals surface area contributed by atoms with Crippen LogP contribution in [0.5, 0.6) is 0 Å². The lowest BCUT2D eigenvalue weighted by atomic mass is 10.1. The maximum Gasteiger partial charge on any atom is 0.416 e. The maximum absolute atomic E-state index is 13.5. The minimum atomic E-state index is -4.59. The molecule has 2 heterocycles. The fourth-order valence-electron chi connectivity index (χ4n) is 4.06. The Bertz CT molecular complexity index is 1490. The number of rotatable bonds is 9. The third kappa shape index (κ3) is 5.82. The highest BCUT2D eigenvalue weighted by Crippen LogP contribution is 2.38. The maximum atomic E-state index is 13.5. The van der Waals surface area contributed by atoms with E-state index >= 15 is 0 Å². The van der Waals surface area contributed by atoms with Gasteiger partial charge in [-0.1, -0.05) is 37.1 Å². The number of hydrogen-bond donors (Lipinski definition) is 1. The molecule has 206 valence electrons. The summed E-state index contributed by atoms with van der Waals surface area (Å²) in [6.45, 7) is 2.96. The van der Waals surface area contributed by atoms with E-state index in [-0.39, 0.29) is 28.6 Å². The van der Waals surface area contributed by atoms with Crippen molar-refractivity contribution in [3.8, 4) is 0 Å². The molecule has 13 heteroatoms. The number of benzene rings is 2. The van der Waals surface area contributed by atoms with Crippen LogP contribution in [-0.4, -0.2) is 49.2 Å². The molecule has 0 spiro atoms. The normalized spacial score (nSPS) is 16.9. The van der Waals surface area contributed by atoms with E-state index in [9.17, 15) is 32.7 Å². The number of carboxylic acids is 1. The van der Waals surface area contributed by atoms with Crippen molar-refractivity contribution in [3.05, 3.63) is 69.2 Å². The largest absolute Gasteiger partial charge is 0.478 e. The summed E-state index contributed by atoms with van der Waals surface area (Å²) >= 11 is 6.36. The van der Waals surface area contributed by atoms with Gasteiger partial charge in [0.05, 0.1) is 35.3 Å². The molecule has 1 atom stereocenters. The van der Waals surface area contributed by atoms with Crippen molar-refractivity contribution in [2.24, 2.45) is 0 Å². The van der Waals surface area contributed by atoms with Gasteiger partial charge in [-0.15, -0.1) is 0 Å². The number of carboxylic acid groups (broad SMARTS) is 1. The van der Waals surface area contributed by atoms with Gasteiger partial charge >= 0.3 is 12.1 Å². The lowest BCUT2D eigenvalue weighted by Gasteiger charge is -2.32. The van der Waals surface area contributed by atoms with Crippen molar-refractivity contribution in [2.75, 3.05) is 6.61 Å². The van der Waals surface area contributed by atoms with Crippen molar-refractivity contribution >= 4 is 57.5 Å². The second-order valence-corrected chi connectivity index (χ2v) is 10.4. The Hall–Kier alpha value is -3.35. The summed E-state index contributed by atoms with van der Waals surface area (Å²) in [5, 5.41) is 13.7. The third-order valence-electron chi connectivity index (χ3n) is 6.16. The Morgan fingerprint density at radius 1 is 1.21 bits per heavy atom. The van der Waals surface area contributed by atoms with Gasteiger partial charge in [0, 0.05) is 10.4 Å². The second-order valence-electron chi connectivity index (χ2n) is 8.93. The highest BCUT2D eigenvalue weighted by molar-refractivity contribution is 8.18. The summed E-state index contributed by atoms with van der Waals surface area (Å²) in [5.74, 6) is -2.27. The van der Waals surface area contributed by atoms with Crippen LogP contribution in [0.25, 0.3) is 17.0 Å². The fourth-order valence-corrected chi connectivity index (χ4v) is 5.14. The standard InChI is InChI=1S/C26H23ClF3N3O5S/c1-3-4-9-38-25(2,23(35)36)33-22(34)21(39-24(33)37)11-15-5-8-20-17(10-15)13-31-32(20)14-16-6-7-18(27)12-19(16)26(28,29)30/h5-8,10-13H,3-4,9,14H2,1-2H3,(H,35,36). The van der Waals surface area contributed by atoms with Crippen LogP contribution in [0, 0.1) is 0 Å². The molecule has 0 radical (unpaired) electrons. The topological polar surface area (TPSA) is 102 Å². The van der Waals surface area contributed by atoms with Crippen LogP contribution >= 0.6 is 23.4 Å². The van der Waals surface area contributed by atoms with E-state index in [1.165, 1.54) is 29.1 Å². The van der Waals surface area contributed by atoms with Gasteiger partial charge in [0.1, 0.15) is 0 Å². The molecule has 39 heavy (non-hydrogen) atoms. The van der Waals surface area contributed by atoms with E-state index in [2.05, 4.69) is 5.10 Å². The summed E-state index contributed by atoms with van der Waals surface area (Å²) in [6.07, 6.45) is -0.378. The number of hydrogen-bond acceptors (Lipinski definition) is 6. The van der Waals surface area contributed by atoms with Crippen LogP contribution < -0.4 is 0 Å². The summed E-state index contributed by atoms with van der Waals surface area (Å²) in [5.41, 5.74) is -1.95. The van der Waals surface area contributed by atoms with Gasteiger partial charge in [-0.25, -0.2) is 9.69 Å². The van der Waals surface area contributed by atoms with E-state index < -0.39 is 34.6 Å². The summed E-state index contributed by atoms with van der Waals surface area (Å²) in [6, 6.07) is 8.48. The summed E-state index contributed by atoms with van der Waals surface area (Å²) < 4.78 is 47.4. The van der Waals surface area contributed by atoms with Crippen molar-refractivity contribution < 1.29 is 37.4 Å². The average molecular weight is 582 g/mol. The third-order valence-corrected chi connectivity index (χ3v) is 7.26. The first-order valence-corrected chi connectivity index (χ1v) is 13.0. The molecule has 1 unspecified atom stereocenters. The van der Waals surface area contributed by atoms with E-state index in [1.54, 1.807) is 18.2 Å². The molecule has 1 aliphatic heterocycles. The molecule has 1 aliphatic rings. The molecule has 0 bridgehead atoms. The average Bonchev–Trinajstić information content (AvgIpc) is 3.38. The molecule has 2 amide bonds. The Kier molecular flexibility index (Phi) is 8.10. The summed E-state index contributed by atoms with van der Waals surface area (Å²) in [4.78, 5) is 38.3. The number of carbonyl (C=O) groups excluding carboxylic acids is 2. The highest BCUT2D eigenvalue weighted by Gasteiger charge is 2.52. The van der Waals surface area contributed by atoms with Gasteiger partial charge in [-0.2, -0.15) is 18.3 Å². The molecule has 1 N–H and O–H groups in total. The van der Waals surface area contributed by atoms with Crippen LogP contribution in [0.2, 0.25) is 5.02 Å². The first-order chi connectivity index (χ1) is 18.3. The Labute approximate surface area is 230 Å². The van der Waals surface area contributed by atoms with Gasteiger partial charge in [-0.05, 0) is 66.6 Å². The molecule has 4 rings (SSSR count). The van der Waals surface area contributed by atoms with Gasteiger partial charge in [0.25, 0.3) is 11.1 Å². The highest BCUT2D eigenvalue weighted by atomic mass is 35.5. The van der Waals surface area contributed by atoms with Crippen molar-refractivity contribution in [1.82, 2.24) is 14.7 Å². The predicted octanol–water partition coefficient (Wildman–Crippen LogP) is 6.41. The number of halogens is 4. The summed E-state index contributed by atoms with van der Waals surface area (Å²) in [7, 11) is 0. The zero-order valence-electron chi connectivity index (χ0n) is 20.8. The van der Waals surface area contributed by atoms with Gasteiger partial charge < -0.3 is 9.84 Å². The lowest BCUT2D eigenvalue weighted by Crippen LogP contribution is -2.56. The van der Waals surface area contributed by atoms with E-state index in [1.807, 2.05) is 6.92 Å². The smallest absolute Gasteiger partial charge is 0.416 e. The first-order valence-electron chi connectivity index (χ1n) is 11.8. The Morgan fingerprint density at radius 3 is 2.62 bits per heavy atom. The fraction of sp³-hybridized carbons (Fsp3) is 0.308. The Balaban J connectivity index is 1.60. The minimum absolute atomic E-state index is 0.00251. The van der Waals surface area contributed by atoms with Crippen LogP contribution in [0.3, 0.4) is 0 Å². The number of alkyl halides is 3. The van der Waals surface area contributed by atoms with E-state index in [0.717, 1.165) is 19.4 Å². The lowest BCUT2D eigenvalue weighted by molar-refractivity contribution is -0.187. The molecule has 1 saturated heterocycles. The number of imide groups is 1. The van der Waals surface area contributed by atoms with Crippen molar-refractivity contribution in [2.45, 2.75) is 45.1 Å². The molecule has 0 aliphatic carbocycles. The van der Waals surface area contributed by atoms with E-state index in [0.29, 0.717) is 39.5 Å². The quantitative estimate of drug-likeness (QED) is 0.230. The van der Waals surface area contributed by atoms with Gasteiger partial charge in [0.2, 0.25) is 5.72 Å². The second kappa shape index (κ2) is 11.0. The molecular weight excluding hydrogens is 559 g/mol. The van der Waals surface area contributed by atoms with Gasteiger partial charge in [-0.3, -0.25) is 14.3 Å². The molecular formula is C26H23ClF3N3O5S. The molecule has 8 nitrogen and oxygen atoms in total. The number of aromatic nitrogens is 2. The van der Waals surface area contributed by atoms with Crippen LogP contribution in [0.4, 0.5) is 18.0 Å². The number of nitrogens with zero attached hydrogens (tertiary/aromatic N) is 3. The predicted molar refractivity (Wildman–Crippen MR) is 140 cm³/mol.